The van der Waals surface area contributed by atoms with Crippen LogP contribution in [-0.2, 0) is 4.79 Å². The number of carbonyl (C=O) groups is 1. The zero-order valence-corrected chi connectivity index (χ0v) is 12.0. The van der Waals surface area contributed by atoms with Crippen LogP contribution in [0.1, 0.15) is 5.56 Å². The van der Waals surface area contributed by atoms with E-state index in [0.717, 1.165) is 11.8 Å². The molecule has 5 nitrogen and oxygen atoms in total. The smallest absolute Gasteiger partial charge is 0.270 e. The average molecular weight is 315 g/mol. The van der Waals surface area contributed by atoms with Gasteiger partial charge in [0.2, 0.25) is 0 Å². The van der Waals surface area contributed by atoms with E-state index in [-0.39, 0.29) is 11.6 Å². The van der Waals surface area contributed by atoms with E-state index in [1.54, 1.807) is 7.05 Å². The van der Waals surface area contributed by atoms with Crippen molar-refractivity contribution in [2.24, 2.45) is 0 Å². The Morgan fingerprint density at radius 2 is 2.21 bits per heavy atom. The molecule has 0 spiro atoms. The molecular weight excluding hydrogens is 308 g/mol. The van der Waals surface area contributed by atoms with Gasteiger partial charge in [-0.1, -0.05) is 35.6 Å². The summed E-state index contributed by atoms with van der Waals surface area (Å²) in [6, 6.07) is 4.06. The second-order valence-electron chi connectivity index (χ2n) is 3.70. The Bertz CT molecular complexity index is 630. The van der Waals surface area contributed by atoms with Crippen LogP contribution < -0.4 is 0 Å². The number of thiocarbonyl (C=S) groups is 1. The first-order valence-corrected chi connectivity index (χ1v) is 6.66. The van der Waals surface area contributed by atoms with Gasteiger partial charge in [0.25, 0.3) is 11.6 Å². The molecule has 0 atom stereocenters. The summed E-state index contributed by atoms with van der Waals surface area (Å²) in [7, 11) is 1.58. The zero-order chi connectivity index (χ0) is 14.2. The molecule has 2 rings (SSSR count). The van der Waals surface area contributed by atoms with E-state index in [9.17, 15) is 14.9 Å². The molecule has 0 aliphatic carbocycles. The lowest BCUT2D eigenvalue weighted by Crippen LogP contribution is -2.22. The van der Waals surface area contributed by atoms with Crippen LogP contribution in [0, 0.1) is 10.1 Å². The first-order chi connectivity index (χ1) is 8.90. The van der Waals surface area contributed by atoms with Gasteiger partial charge in [-0.05, 0) is 12.1 Å². The van der Waals surface area contributed by atoms with Crippen molar-refractivity contribution < 1.29 is 9.72 Å². The standard InChI is InChI=1S/C11H7ClN2O3S2/c1-13-10(15)9(19-11(13)18)5-6-4-7(14(16)17)2-3-8(6)12/h2-5H,1H3. The molecular formula is C11H7ClN2O3S2. The molecule has 1 amide bonds. The molecule has 0 aromatic heterocycles. The Balaban J connectivity index is 2.43. The number of hydrogen-bond donors (Lipinski definition) is 0. The topological polar surface area (TPSA) is 63.5 Å². The van der Waals surface area contributed by atoms with Crippen LogP contribution in [0.3, 0.4) is 0 Å². The Hall–Kier alpha value is -1.44. The van der Waals surface area contributed by atoms with Gasteiger partial charge in [0.15, 0.2) is 0 Å². The summed E-state index contributed by atoms with van der Waals surface area (Å²) in [5.41, 5.74) is 0.340. The van der Waals surface area contributed by atoms with E-state index in [0.29, 0.717) is 19.8 Å². The highest BCUT2D eigenvalue weighted by Crippen LogP contribution is 2.33. The Morgan fingerprint density at radius 1 is 1.53 bits per heavy atom. The number of carbonyl (C=O) groups excluding carboxylic acids is 1. The van der Waals surface area contributed by atoms with Crippen molar-refractivity contribution in [2.45, 2.75) is 0 Å². The van der Waals surface area contributed by atoms with E-state index >= 15 is 0 Å². The van der Waals surface area contributed by atoms with Crippen molar-refractivity contribution in [3.05, 3.63) is 43.8 Å². The Morgan fingerprint density at radius 3 is 2.74 bits per heavy atom. The molecule has 1 heterocycles. The first-order valence-electron chi connectivity index (χ1n) is 5.05. The number of likely N-dealkylation sites (N-methyl/N-ethyl adjacent to an activating group) is 1. The minimum Gasteiger partial charge on any atom is -0.296 e. The van der Waals surface area contributed by atoms with Crippen LogP contribution in [0.5, 0.6) is 0 Å². The van der Waals surface area contributed by atoms with Crippen molar-refractivity contribution in [3.8, 4) is 0 Å². The van der Waals surface area contributed by atoms with Gasteiger partial charge in [-0.2, -0.15) is 0 Å². The predicted octanol–water partition coefficient (Wildman–Crippen LogP) is 3.08. The monoisotopic (exact) mass is 314 g/mol. The maximum atomic E-state index is 11.8. The number of thioether (sulfide) groups is 1. The fraction of sp³-hybridized carbons (Fsp3) is 0.0909. The molecule has 0 N–H and O–H groups in total. The molecule has 98 valence electrons. The van der Waals surface area contributed by atoms with E-state index in [4.69, 9.17) is 23.8 Å². The lowest BCUT2D eigenvalue weighted by molar-refractivity contribution is -0.384. The fourth-order valence-electron chi connectivity index (χ4n) is 1.44. The van der Waals surface area contributed by atoms with Crippen LogP contribution in [0.15, 0.2) is 23.1 Å². The maximum absolute atomic E-state index is 11.8. The molecule has 0 bridgehead atoms. The van der Waals surface area contributed by atoms with Crippen LogP contribution in [0.4, 0.5) is 5.69 Å². The van der Waals surface area contributed by atoms with Gasteiger partial charge >= 0.3 is 0 Å². The highest BCUT2D eigenvalue weighted by Gasteiger charge is 2.29. The number of amides is 1. The van der Waals surface area contributed by atoms with Crippen molar-refractivity contribution in [1.29, 1.82) is 0 Å². The molecule has 0 unspecified atom stereocenters. The molecule has 1 aliphatic rings. The van der Waals surface area contributed by atoms with Gasteiger partial charge in [-0.15, -0.1) is 0 Å². The lowest BCUT2D eigenvalue weighted by atomic mass is 10.2. The molecule has 19 heavy (non-hydrogen) atoms. The quantitative estimate of drug-likeness (QED) is 0.363. The SMILES string of the molecule is CN1C(=O)C(=Cc2cc([N+](=O)[O-])ccc2Cl)SC1=S. The molecule has 8 heteroatoms. The van der Waals surface area contributed by atoms with Gasteiger partial charge in [-0.25, -0.2) is 0 Å². The van der Waals surface area contributed by atoms with Crippen molar-refractivity contribution >= 4 is 57.6 Å². The molecule has 1 aliphatic heterocycles. The molecule has 1 aromatic rings. The summed E-state index contributed by atoms with van der Waals surface area (Å²) >= 11 is 12.1. The van der Waals surface area contributed by atoms with E-state index in [2.05, 4.69) is 0 Å². The number of halogens is 1. The normalized spacial score (nSPS) is 17.4. The summed E-state index contributed by atoms with van der Waals surface area (Å²) in [6.07, 6.45) is 1.51. The Labute approximate surface area is 123 Å². The highest BCUT2D eigenvalue weighted by atomic mass is 35.5. The second kappa shape index (κ2) is 5.28. The third kappa shape index (κ3) is 2.78. The lowest BCUT2D eigenvalue weighted by Gasteiger charge is -2.03. The van der Waals surface area contributed by atoms with E-state index in [1.807, 2.05) is 0 Å². The van der Waals surface area contributed by atoms with Crippen LogP contribution in [0.25, 0.3) is 6.08 Å². The summed E-state index contributed by atoms with van der Waals surface area (Å²) in [5, 5.41) is 11.1. The number of nitro benzene ring substituents is 1. The number of hydrogen-bond acceptors (Lipinski definition) is 5. The first kappa shape index (κ1) is 14.0. The number of non-ortho nitro benzene ring substituents is 1. The molecule has 1 saturated heterocycles. The summed E-state index contributed by atoms with van der Waals surface area (Å²) in [6.45, 7) is 0. The van der Waals surface area contributed by atoms with Crippen LogP contribution in [0.2, 0.25) is 5.02 Å². The molecule has 0 saturated carbocycles. The van der Waals surface area contributed by atoms with Gasteiger partial charge in [0.1, 0.15) is 4.32 Å². The number of benzene rings is 1. The molecule has 1 fully saturated rings. The van der Waals surface area contributed by atoms with Crippen LogP contribution >= 0.6 is 35.6 Å². The summed E-state index contributed by atoms with van der Waals surface area (Å²) in [5.74, 6) is -0.238. The molecule has 0 radical (unpaired) electrons. The highest BCUT2D eigenvalue weighted by molar-refractivity contribution is 8.26. The number of rotatable bonds is 2. The van der Waals surface area contributed by atoms with Gasteiger partial charge in [0.05, 0.1) is 9.83 Å². The molecule has 1 aromatic carbocycles. The van der Waals surface area contributed by atoms with E-state index in [1.165, 1.54) is 29.2 Å². The summed E-state index contributed by atoms with van der Waals surface area (Å²) in [4.78, 5) is 23.8. The predicted molar refractivity (Wildman–Crippen MR) is 79.0 cm³/mol. The average Bonchev–Trinajstić information content (AvgIpc) is 2.59. The van der Waals surface area contributed by atoms with Crippen molar-refractivity contribution in [3.63, 3.8) is 0 Å². The van der Waals surface area contributed by atoms with Gasteiger partial charge < -0.3 is 0 Å². The van der Waals surface area contributed by atoms with Crippen LogP contribution in [-0.4, -0.2) is 27.1 Å². The minimum absolute atomic E-state index is 0.0809. The number of nitrogens with zero attached hydrogens (tertiary/aromatic N) is 2. The maximum Gasteiger partial charge on any atom is 0.270 e. The van der Waals surface area contributed by atoms with Crippen molar-refractivity contribution in [1.82, 2.24) is 4.90 Å². The van der Waals surface area contributed by atoms with Gasteiger partial charge in [0, 0.05) is 29.8 Å². The third-order valence-electron chi connectivity index (χ3n) is 2.46. The fourth-order valence-corrected chi connectivity index (χ4v) is 2.78. The van der Waals surface area contributed by atoms with Gasteiger partial charge in [-0.3, -0.25) is 19.8 Å². The second-order valence-corrected chi connectivity index (χ2v) is 5.79. The van der Waals surface area contributed by atoms with E-state index < -0.39 is 4.92 Å². The number of nitro groups is 1. The third-order valence-corrected chi connectivity index (χ3v) is 4.29. The zero-order valence-electron chi connectivity index (χ0n) is 9.62. The largest absolute Gasteiger partial charge is 0.296 e. The van der Waals surface area contributed by atoms with Crippen molar-refractivity contribution in [2.75, 3.05) is 7.05 Å². The Kier molecular flexibility index (Phi) is 3.88. The summed E-state index contributed by atoms with van der Waals surface area (Å²) < 4.78 is 0.442. The minimum atomic E-state index is -0.515.